The van der Waals surface area contributed by atoms with Crippen LogP contribution in [0.3, 0.4) is 0 Å². The molecule has 0 saturated heterocycles. The van der Waals surface area contributed by atoms with E-state index in [0.29, 0.717) is 164 Å². The van der Waals surface area contributed by atoms with E-state index in [-0.39, 0.29) is 70.7 Å². The number of amides is 8. The number of imide groups is 4. The molecule has 8 aromatic carbocycles. The molecule has 0 saturated carbocycles. The number of carbonyl (C=O) groups is 8. The summed E-state index contributed by atoms with van der Waals surface area (Å²) in [6.45, 7) is 5.23. The summed E-state index contributed by atoms with van der Waals surface area (Å²) in [7, 11) is 0. The lowest BCUT2D eigenvalue weighted by atomic mass is 9.74. The van der Waals surface area contributed by atoms with Crippen LogP contribution in [0.2, 0.25) is 0 Å². The Hall–Kier alpha value is -11.3. The van der Waals surface area contributed by atoms with Crippen LogP contribution in [0.5, 0.6) is 46.0 Å². The molecule has 8 heterocycles. The summed E-state index contributed by atoms with van der Waals surface area (Å²) in [4.78, 5) is 123. The highest BCUT2D eigenvalue weighted by Crippen LogP contribution is 2.59. The van der Waals surface area contributed by atoms with Crippen LogP contribution in [0.1, 0.15) is 252 Å². The molecule has 17 rings (SSSR count). The van der Waals surface area contributed by atoms with Gasteiger partial charge in [-0.05, 0) is 98.5 Å². The molecule has 0 unspecified atom stereocenters. The van der Waals surface area contributed by atoms with Crippen molar-refractivity contribution in [3.05, 3.63) is 233 Å². The van der Waals surface area contributed by atoms with E-state index in [4.69, 9.17) is 37.9 Å². The zero-order chi connectivity index (χ0) is 68.5. The number of hydrogen-bond acceptors (Lipinski definition) is 16. The number of nitrogens with zero attached hydrogens (tertiary/aromatic N) is 4. The molecule has 0 aromatic heterocycles. The molecule has 0 radical (unpaired) electrons. The fraction of sp³-hybridized carbons (Fsp3) is 0.300. The van der Waals surface area contributed by atoms with E-state index in [1.165, 1.54) is 19.6 Å². The van der Waals surface area contributed by atoms with Crippen molar-refractivity contribution in [2.75, 3.05) is 27.2 Å². The van der Waals surface area contributed by atoms with Gasteiger partial charge >= 0.3 is 0 Å². The third-order valence-corrected chi connectivity index (χ3v) is 21.3. The SMILES string of the molecule is CCCC1c2cc3c4c(CN5C(=O)c6ccccc6C5=O)c2OCOc2c1cc1c(c2CN2C(=O)c5ccccc5C2=O)OCOc2c(cc5c(c2CN2C(=O)c6ccccc6C2=O)OCOc2c(cc(c(c2CN2C(=O)c6ccccc6C2=O)OCO4)C3CCC)C5CCC)C1CCC. The molecular formula is C80H68N4O16. The zero-order valence-electron chi connectivity index (χ0n) is 55.5. The topological polar surface area (TPSA) is 223 Å². The number of hydrogen-bond donors (Lipinski definition) is 0. The van der Waals surface area contributed by atoms with Crippen LogP contribution in [-0.4, -0.2) is 94.0 Å². The minimum atomic E-state index is -0.654. The Morgan fingerprint density at radius 2 is 0.410 bits per heavy atom. The van der Waals surface area contributed by atoms with Crippen molar-refractivity contribution in [1.29, 1.82) is 0 Å². The van der Waals surface area contributed by atoms with Gasteiger partial charge in [0, 0.05) is 68.2 Å². The summed E-state index contributed by atoms with van der Waals surface area (Å²) in [5.74, 6) is -4.20. The smallest absolute Gasteiger partial charge is 0.261 e. The summed E-state index contributed by atoms with van der Waals surface area (Å²) in [6, 6.07) is 35.3. The van der Waals surface area contributed by atoms with Gasteiger partial charge in [-0.1, -0.05) is 102 Å². The van der Waals surface area contributed by atoms with Gasteiger partial charge in [0.25, 0.3) is 47.3 Å². The van der Waals surface area contributed by atoms with Crippen molar-refractivity contribution in [2.45, 2.75) is 129 Å². The van der Waals surface area contributed by atoms with Gasteiger partial charge in [0.2, 0.25) is 27.2 Å². The summed E-state index contributed by atoms with van der Waals surface area (Å²) < 4.78 is 56.6. The van der Waals surface area contributed by atoms with Crippen molar-refractivity contribution >= 4 is 47.3 Å². The summed E-state index contributed by atoms with van der Waals surface area (Å²) >= 11 is 0. The summed E-state index contributed by atoms with van der Waals surface area (Å²) in [5.41, 5.74) is 8.86. The second-order valence-electron chi connectivity index (χ2n) is 26.7. The van der Waals surface area contributed by atoms with Gasteiger partial charge < -0.3 is 37.9 Å². The van der Waals surface area contributed by atoms with E-state index in [0.717, 1.165) is 0 Å². The van der Waals surface area contributed by atoms with E-state index >= 15 is 0 Å². The average molecular weight is 1340 g/mol. The van der Waals surface area contributed by atoms with Gasteiger partial charge in [-0.25, -0.2) is 0 Å². The van der Waals surface area contributed by atoms with Crippen molar-refractivity contribution in [2.24, 2.45) is 0 Å². The molecule has 0 N–H and O–H groups in total. The Bertz CT molecular complexity index is 4090. The van der Waals surface area contributed by atoms with Gasteiger partial charge in [-0.2, -0.15) is 0 Å². The Morgan fingerprint density at radius 3 is 0.550 bits per heavy atom. The third kappa shape index (κ3) is 9.37. The molecule has 8 aromatic rings. The molecule has 8 aliphatic heterocycles. The van der Waals surface area contributed by atoms with E-state index < -0.39 is 98.1 Å². The van der Waals surface area contributed by atoms with Crippen LogP contribution in [0.15, 0.2) is 121 Å². The maximum absolute atomic E-state index is 14.8. The van der Waals surface area contributed by atoms with E-state index in [2.05, 4.69) is 52.0 Å². The van der Waals surface area contributed by atoms with Crippen LogP contribution < -0.4 is 37.9 Å². The number of fused-ring (bicyclic) bond motifs is 4. The fourth-order valence-electron chi connectivity index (χ4n) is 16.8. The first-order valence-corrected chi connectivity index (χ1v) is 34.4. The van der Waals surface area contributed by atoms with Crippen LogP contribution in [-0.2, 0) is 26.2 Å². The van der Waals surface area contributed by atoms with Crippen molar-refractivity contribution in [3.8, 4) is 46.0 Å². The van der Waals surface area contributed by atoms with E-state index in [9.17, 15) is 38.4 Å². The first-order valence-electron chi connectivity index (χ1n) is 34.4. The number of carbonyl (C=O) groups excluding carboxylic acids is 8. The van der Waals surface area contributed by atoms with Gasteiger partial charge in [0.1, 0.15) is 46.0 Å². The second-order valence-corrected chi connectivity index (χ2v) is 26.7. The molecule has 20 nitrogen and oxygen atoms in total. The molecular weight excluding hydrogens is 1270 g/mol. The normalized spacial score (nSPS) is 19.2. The number of benzene rings is 8. The molecule has 0 spiro atoms. The zero-order valence-corrected chi connectivity index (χ0v) is 55.5. The predicted octanol–water partition coefficient (Wildman–Crippen LogP) is 13.8. The molecule has 9 aliphatic rings. The van der Waals surface area contributed by atoms with E-state index in [1.54, 1.807) is 97.1 Å². The Morgan fingerprint density at radius 1 is 0.260 bits per heavy atom. The Kier molecular flexibility index (Phi) is 15.1. The summed E-state index contributed by atoms with van der Waals surface area (Å²) in [6.07, 6.45) is 4.17. The molecule has 8 amide bonds. The lowest BCUT2D eigenvalue weighted by Crippen LogP contribution is -2.32. The van der Waals surface area contributed by atoms with Crippen molar-refractivity contribution in [1.82, 2.24) is 19.6 Å². The monoisotopic (exact) mass is 1340 g/mol. The summed E-state index contributed by atoms with van der Waals surface area (Å²) in [5, 5.41) is 0. The lowest BCUT2D eigenvalue weighted by molar-refractivity contribution is 0.0616. The van der Waals surface area contributed by atoms with Crippen molar-refractivity contribution in [3.63, 3.8) is 0 Å². The first-order chi connectivity index (χ1) is 48.8. The number of ether oxygens (including phenoxy) is 8. The highest BCUT2D eigenvalue weighted by atomic mass is 16.7. The van der Waals surface area contributed by atoms with Gasteiger partial charge in [0.05, 0.1) is 92.9 Å². The minimum absolute atomic E-state index is 0.249. The standard InChI is InChI=1S/C80H68N4O16/c1-5-17-41-53-29-55-42(18-6-2)57-31-59-44(20-8-4)60-32-58-43(19-7-3)56-30-54(41)66-62(34-82-75(87)47-23-11-12-24-48(47)76(82)88)68(56)96-39-98-70(58)64(36-84-79(91)51-27-15-16-28-52(51)80(84)92)72(60)100-40-99-71(59)63(35-83-77(89)49-25-13-14-26-50(49)78(83)90)69(57)97-38-95-67(55)61(65(53)93-37-94-66)33-81-73(85)45-21-9-10-22-46(45)74(81)86/h9-16,21-32,41-44H,5-8,17-20,33-40H2,1-4H3. The maximum Gasteiger partial charge on any atom is 0.261 e. The van der Waals surface area contributed by atoms with Crippen LogP contribution in [0, 0.1) is 0 Å². The van der Waals surface area contributed by atoms with Gasteiger partial charge in [0.15, 0.2) is 0 Å². The van der Waals surface area contributed by atoms with Crippen LogP contribution in [0.4, 0.5) is 0 Å². The quantitative estimate of drug-likeness (QED) is 0.0820. The number of rotatable bonds is 16. The maximum atomic E-state index is 14.8. The largest absolute Gasteiger partial charge is 0.457 e. The fourth-order valence-corrected chi connectivity index (χ4v) is 16.8. The van der Waals surface area contributed by atoms with Gasteiger partial charge in [-0.3, -0.25) is 58.0 Å². The third-order valence-electron chi connectivity index (χ3n) is 21.3. The Balaban J connectivity index is 0.995. The average Bonchev–Trinajstić information content (AvgIpc) is 1.01. The highest BCUT2D eigenvalue weighted by molar-refractivity contribution is 6.23. The van der Waals surface area contributed by atoms with E-state index in [1.807, 2.05) is 0 Å². The molecule has 0 fully saturated rings. The van der Waals surface area contributed by atoms with Gasteiger partial charge in [-0.15, -0.1) is 0 Å². The van der Waals surface area contributed by atoms with Crippen LogP contribution >= 0.6 is 0 Å². The predicted molar refractivity (Wildman–Crippen MR) is 360 cm³/mol. The lowest BCUT2D eigenvalue weighted by Gasteiger charge is -2.38. The minimum Gasteiger partial charge on any atom is -0.457 e. The highest BCUT2D eigenvalue weighted by Gasteiger charge is 2.47. The molecule has 1 aliphatic carbocycles. The van der Waals surface area contributed by atoms with Crippen molar-refractivity contribution < 1.29 is 76.3 Å². The first kappa shape index (κ1) is 62.3. The molecule has 8 bridgehead atoms. The molecule has 504 valence electrons. The molecule has 100 heavy (non-hydrogen) atoms. The second kappa shape index (κ2) is 24.3. The Labute approximate surface area is 575 Å². The molecule has 0 atom stereocenters. The van der Waals surface area contributed by atoms with Crippen LogP contribution in [0.25, 0.3) is 0 Å². The molecule has 20 heteroatoms.